The highest BCUT2D eigenvalue weighted by Gasteiger charge is 2.23. The van der Waals surface area contributed by atoms with Crippen LogP contribution in [0.4, 0.5) is 5.95 Å². The van der Waals surface area contributed by atoms with Crippen molar-refractivity contribution in [3.05, 3.63) is 18.0 Å². The molecule has 2 rings (SSSR count). The number of anilines is 1. The quantitative estimate of drug-likeness (QED) is 0.792. The molecule has 0 aromatic carbocycles. The maximum Gasteiger partial charge on any atom is 0.225 e. The molecular weight excluding hydrogens is 250 g/mol. The number of rotatable bonds is 4. The highest BCUT2D eigenvalue weighted by atomic mass is 16.1. The van der Waals surface area contributed by atoms with E-state index in [2.05, 4.69) is 28.7 Å². The molecule has 2 heterocycles. The van der Waals surface area contributed by atoms with Crippen molar-refractivity contribution < 1.29 is 4.79 Å². The Balaban J connectivity index is 1.99. The van der Waals surface area contributed by atoms with Crippen LogP contribution in [0.25, 0.3) is 0 Å². The number of piperidine rings is 1. The molecule has 0 amide bonds. The second-order valence-electron chi connectivity index (χ2n) is 6.36. The van der Waals surface area contributed by atoms with Crippen molar-refractivity contribution in [2.75, 3.05) is 18.0 Å². The van der Waals surface area contributed by atoms with Crippen LogP contribution in [-0.2, 0) is 0 Å². The molecule has 0 unspecified atom stereocenters. The second-order valence-corrected chi connectivity index (χ2v) is 6.36. The predicted molar refractivity (Wildman–Crippen MR) is 81.0 cm³/mol. The minimum Gasteiger partial charge on any atom is -0.341 e. The van der Waals surface area contributed by atoms with Crippen LogP contribution in [0.3, 0.4) is 0 Å². The zero-order valence-electron chi connectivity index (χ0n) is 13.0. The lowest BCUT2D eigenvalue weighted by atomic mass is 9.87. The first-order valence-corrected chi connectivity index (χ1v) is 7.60. The molecule has 110 valence electrons. The van der Waals surface area contributed by atoms with Gasteiger partial charge >= 0.3 is 0 Å². The molecule has 1 aromatic rings. The second kappa shape index (κ2) is 6.33. The van der Waals surface area contributed by atoms with Crippen LogP contribution in [-0.4, -0.2) is 28.8 Å². The van der Waals surface area contributed by atoms with Gasteiger partial charge in [-0.05, 0) is 24.7 Å². The van der Waals surface area contributed by atoms with Crippen molar-refractivity contribution in [3.63, 3.8) is 0 Å². The van der Waals surface area contributed by atoms with E-state index in [1.807, 2.05) is 13.8 Å². The lowest BCUT2D eigenvalue weighted by Crippen LogP contribution is -2.36. The lowest BCUT2D eigenvalue weighted by molar-refractivity contribution is 0.0938. The third kappa shape index (κ3) is 3.35. The molecule has 0 radical (unpaired) electrons. The number of ketones is 1. The van der Waals surface area contributed by atoms with Crippen LogP contribution >= 0.6 is 0 Å². The third-order valence-electron chi connectivity index (χ3n) is 4.21. The summed E-state index contributed by atoms with van der Waals surface area (Å²) in [5.41, 5.74) is 0.612. The fraction of sp³-hybridized carbons (Fsp3) is 0.688. The van der Waals surface area contributed by atoms with Gasteiger partial charge in [0.1, 0.15) is 0 Å². The molecular formula is C16H25N3O. The minimum atomic E-state index is -0.00811. The third-order valence-corrected chi connectivity index (χ3v) is 4.21. The van der Waals surface area contributed by atoms with Gasteiger partial charge in [0.15, 0.2) is 5.78 Å². The molecule has 1 aliphatic rings. The van der Waals surface area contributed by atoms with Crippen LogP contribution in [0.2, 0.25) is 0 Å². The molecule has 1 aromatic heterocycles. The van der Waals surface area contributed by atoms with Gasteiger partial charge in [0, 0.05) is 31.4 Å². The van der Waals surface area contributed by atoms with Crippen molar-refractivity contribution >= 4 is 11.7 Å². The summed E-state index contributed by atoms with van der Waals surface area (Å²) in [5, 5.41) is 0. The van der Waals surface area contributed by atoms with Gasteiger partial charge in [-0.2, -0.15) is 0 Å². The Bertz CT molecular complexity index is 445. The topological polar surface area (TPSA) is 46.1 Å². The van der Waals surface area contributed by atoms with Gasteiger partial charge in [-0.25, -0.2) is 9.97 Å². The van der Waals surface area contributed by atoms with Crippen molar-refractivity contribution in [1.82, 2.24) is 9.97 Å². The van der Waals surface area contributed by atoms with Crippen molar-refractivity contribution in [2.24, 2.45) is 17.8 Å². The van der Waals surface area contributed by atoms with Crippen LogP contribution in [0.15, 0.2) is 12.4 Å². The van der Waals surface area contributed by atoms with Gasteiger partial charge < -0.3 is 4.90 Å². The molecule has 0 saturated carbocycles. The largest absolute Gasteiger partial charge is 0.341 e. The summed E-state index contributed by atoms with van der Waals surface area (Å²) in [6.07, 6.45) is 5.74. The van der Waals surface area contributed by atoms with E-state index >= 15 is 0 Å². The smallest absolute Gasteiger partial charge is 0.225 e. The van der Waals surface area contributed by atoms with Gasteiger partial charge in [-0.1, -0.05) is 27.7 Å². The van der Waals surface area contributed by atoms with Crippen molar-refractivity contribution in [1.29, 1.82) is 0 Å². The molecule has 0 aliphatic carbocycles. The fourth-order valence-corrected chi connectivity index (χ4v) is 2.71. The van der Waals surface area contributed by atoms with Crippen LogP contribution in [0, 0.1) is 17.8 Å². The number of carbonyl (C=O) groups excluding carboxylic acids is 1. The van der Waals surface area contributed by atoms with Crippen LogP contribution in [0.1, 0.15) is 50.9 Å². The first-order valence-electron chi connectivity index (χ1n) is 7.60. The number of hydrogen-bond donors (Lipinski definition) is 0. The van der Waals surface area contributed by atoms with Crippen molar-refractivity contribution in [2.45, 2.75) is 40.5 Å². The number of aromatic nitrogens is 2. The van der Waals surface area contributed by atoms with Crippen molar-refractivity contribution in [3.8, 4) is 0 Å². The van der Waals surface area contributed by atoms with E-state index in [1.165, 1.54) is 12.8 Å². The summed E-state index contributed by atoms with van der Waals surface area (Å²) < 4.78 is 0. The highest BCUT2D eigenvalue weighted by Crippen LogP contribution is 2.26. The zero-order valence-corrected chi connectivity index (χ0v) is 13.0. The SMILES string of the molecule is CC(C)C(=O)c1cnc(N2CCC(C(C)C)CC2)nc1. The zero-order chi connectivity index (χ0) is 14.7. The Morgan fingerprint density at radius 2 is 1.70 bits per heavy atom. The maximum atomic E-state index is 11.9. The Hall–Kier alpha value is -1.45. The molecule has 0 N–H and O–H groups in total. The average molecular weight is 275 g/mol. The summed E-state index contributed by atoms with van der Waals surface area (Å²) in [6, 6.07) is 0. The lowest BCUT2D eigenvalue weighted by Gasteiger charge is -2.33. The number of nitrogens with zero attached hydrogens (tertiary/aromatic N) is 3. The van der Waals surface area contributed by atoms with E-state index in [0.29, 0.717) is 5.56 Å². The average Bonchev–Trinajstić information content (AvgIpc) is 2.46. The highest BCUT2D eigenvalue weighted by molar-refractivity contribution is 5.96. The Labute approximate surface area is 121 Å². The molecule has 0 bridgehead atoms. The van der Waals surface area contributed by atoms with Crippen LogP contribution < -0.4 is 4.90 Å². The van der Waals surface area contributed by atoms with Gasteiger partial charge in [0.05, 0.1) is 5.56 Å². The summed E-state index contributed by atoms with van der Waals surface area (Å²) in [4.78, 5) is 22.8. The Kier molecular flexibility index (Phi) is 4.73. The molecule has 0 spiro atoms. The van der Waals surface area contributed by atoms with E-state index in [1.54, 1.807) is 12.4 Å². The summed E-state index contributed by atoms with van der Waals surface area (Å²) in [5.74, 6) is 2.42. The van der Waals surface area contributed by atoms with Gasteiger partial charge in [0.2, 0.25) is 5.95 Å². The summed E-state index contributed by atoms with van der Waals surface area (Å²) >= 11 is 0. The molecule has 0 atom stereocenters. The molecule has 20 heavy (non-hydrogen) atoms. The van der Waals surface area contributed by atoms with Gasteiger partial charge in [-0.15, -0.1) is 0 Å². The molecule has 4 heteroatoms. The number of Topliss-reactive ketones (excluding diaryl/α,β-unsaturated/α-hetero) is 1. The first-order chi connectivity index (χ1) is 9.49. The number of carbonyl (C=O) groups is 1. The van der Waals surface area contributed by atoms with E-state index in [-0.39, 0.29) is 11.7 Å². The Morgan fingerprint density at radius 3 is 2.15 bits per heavy atom. The van der Waals surface area contributed by atoms with E-state index in [4.69, 9.17) is 0 Å². The van der Waals surface area contributed by atoms with Gasteiger partial charge in [0.25, 0.3) is 0 Å². The minimum absolute atomic E-state index is 0.00811. The fourth-order valence-electron chi connectivity index (χ4n) is 2.71. The predicted octanol–water partition coefficient (Wildman–Crippen LogP) is 3.19. The maximum absolute atomic E-state index is 11.9. The van der Waals surface area contributed by atoms with E-state index in [9.17, 15) is 4.79 Å². The standard InChI is InChI=1S/C16H25N3O/c1-11(2)13-5-7-19(8-6-13)16-17-9-14(10-18-16)15(20)12(3)4/h9-13H,5-8H2,1-4H3. The van der Waals surface area contributed by atoms with Gasteiger partial charge in [-0.3, -0.25) is 4.79 Å². The molecule has 1 aliphatic heterocycles. The normalized spacial score (nSPS) is 17.0. The van der Waals surface area contributed by atoms with E-state index < -0.39 is 0 Å². The Morgan fingerprint density at radius 1 is 1.15 bits per heavy atom. The monoisotopic (exact) mass is 275 g/mol. The first kappa shape index (κ1) is 14.9. The number of hydrogen-bond acceptors (Lipinski definition) is 4. The molecule has 4 nitrogen and oxygen atoms in total. The van der Waals surface area contributed by atoms with E-state index in [0.717, 1.165) is 30.9 Å². The molecule has 1 fully saturated rings. The summed E-state index contributed by atoms with van der Waals surface area (Å²) in [7, 11) is 0. The summed E-state index contributed by atoms with van der Waals surface area (Å²) in [6.45, 7) is 10.4. The molecule has 1 saturated heterocycles. The van der Waals surface area contributed by atoms with Crippen LogP contribution in [0.5, 0.6) is 0 Å².